The van der Waals surface area contributed by atoms with Crippen LogP contribution in [0.5, 0.6) is 0 Å². The Balaban J connectivity index is 0. The van der Waals surface area contributed by atoms with Gasteiger partial charge in [0.15, 0.2) is 0 Å². The molecule has 1 nitrogen and oxygen atoms in total. The van der Waals surface area contributed by atoms with Gasteiger partial charge in [0.1, 0.15) is 5.40 Å². The lowest BCUT2D eigenvalue weighted by Crippen LogP contribution is -1.89. The molecule has 0 saturated carbocycles. The van der Waals surface area contributed by atoms with Gasteiger partial charge >= 0.3 is 0 Å². The summed E-state index contributed by atoms with van der Waals surface area (Å²) >= 11 is 6.47. The topological polar surface area (TPSA) is 23.8 Å². The second-order valence-electron chi connectivity index (χ2n) is 1.77. The van der Waals surface area contributed by atoms with Gasteiger partial charge in [0, 0.05) is 5.33 Å². The molecule has 0 spiro atoms. The molecule has 9 heavy (non-hydrogen) atoms. The van der Waals surface area contributed by atoms with Crippen LogP contribution in [0.2, 0.25) is 0 Å². The Hall–Kier alpha value is 0.320. The molecule has 0 saturated heterocycles. The van der Waals surface area contributed by atoms with Crippen molar-refractivity contribution in [1.29, 1.82) is 5.26 Å². The van der Waals surface area contributed by atoms with Gasteiger partial charge in [-0.15, -0.1) is 0 Å². The molecule has 0 bridgehead atoms. The summed E-state index contributed by atoms with van der Waals surface area (Å²) in [4.78, 5) is 0. The van der Waals surface area contributed by atoms with Gasteiger partial charge in [-0.25, -0.2) is 0 Å². The Kier molecular flexibility index (Phi) is 14.9. The molecule has 0 aliphatic carbocycles. The fourth-order valence-electron chi connectivity index (χ4n) is 0.109. The molecule has 0 amide bonds. The van der Waals surface area contributed by atoms with E-state index in [9.17, 15) is 0 Å². The standard InChI is InChI=1S/C5H11Br.CHNS/c1-3-5(2)4-6;2-1-3/h5H,3-4H2,1-2H3;3H. The van der Waals surface area contributed by atoms with Crippen LogP contribution in [-0.4, -0.2) is 5.33 Å². The quantitative estimate of drug-likeness (QED) is 0.423. The predicted octanol–water partition coefficient (Wildman–Crippen LogP) is 2.82. The van der Waals surface area contributed by atoms with E-state index in [1.807, 2.05) is 0 Å². The smallest absolute Gasteiger partial charge is 0.130 e. The molecule has 0 heterocycles. The number of alkyl halides is 1. The highest BCUT2D eigenvalue weighted by molar-refractivity contribution is 9.09. The summed E-state index contributed by atoms with van der Waals surface area (Å²) in [7, 11) is 0. The first kappa shape index (κ1) is 12.0. The van der Waals surface area contributed by atoms with E-state index < -0.39 is 0 Å². The average molecular weight is 210 g/mol. The van der Waals surface area contributed by atoms with Crippen LogP contribution in [0.25, 0.3) is 0 Å². The fraction of sp³-hybridized carbons (Fsp3) is 0.833. The van der Waals surface area contributed by atoms with E-state index in [1.54, 1.807) is 0 Å². The molecule has 0 aliphatic rings. The van der Waals surface area contributed by atoms with Gasteiger partial charge in [-0.05, 0) is 5.92 Å². The number of hydrogen-bond acceptors (Lipinski definition) is 2. The molecule has 0 aromatic heterocycles. The van der Waals surface area contributed by atoms with E-state index in [2.05, 4.69) is 42.4 Å². The highest BCUT2D eigenvalue weighted by Gasteiger charge is 1.90. The maximum Gasteiger partial charge on any atom is 0.130 e. The Morgan fingerprint density at radius 1 is 1.78 bits per heavy atom. The minimum absolute atomic E-state index is 0.852. The van der Waals surface area contributed by atoms with Crippen molar-refractivity contribution >= 4 is 28.6 Å². The zero-order chi connectivity index (χ0) is 7.70. The number of rotatable bonds is 2. The molecule has 0 N–H and O–H groups in total. The molecule has 1 atom stereocenters. The minimum atomic E-state index is 0.852. The van der Waals surface area contributed by atoms with Crippen LogP contribution in [0.1, 0.15) is 20.3 Å². The summed E-state index contributed by atoms with van der Waals surface area (Å²) in [6.07, 6.45) is 1.28. The number of nitrogens with zero attached hydrogens (tertiary/aromatic N) is 1. The van der Waals surface area contributed by atoms with Crippen molar-refractivity contribution in [2.24, 2.45) is 5.92 Å². The van der Waals surface area contributed by atoms with Crippen molar-refractivity contribution in [2.45, 2.75) is 20.3 Å². The van der Waals surface area contributed by atoms with E-state index in [0.717, 1.165) is 11.2 Å². The first-order valence-corrected chi connectivity index (χ1v) is 4.38. The van der Waals surface area contributed by atoms with Crippen LogP contribution < -0.4 is 0 Å². The molecular weight excluding hydrogens is 198 g/mol. The third-order valence-electron chi connectivity index (χ3n) is 0.960. The monoisotopic (exact) mass is 209 g/mol. The first-order chi connectivity index (χ1) is 4.22. The SMILES string of the molecule is CCC(C)CBr.N#CS. The Morgan fingerprint density at radius 2 is 2.11 bits per heavy atom. The molecule has 0 rings (SSSR count). The maximum atomic E-state index is 7.18. The summed E-state index contributed by atoms with van der Waals surface area (Å²) in [5, 5.41) is 9.77. The van der Waals surface area contributed by atoms with Gasteiger partial charge in [0.2, 0.25) is 0 Å². The van der Waals surface area contributed by atoms with E-state index in [0.29, 0.717) is 0 Å². The molecule has 0 aromatic rings. The fourth-order valence-corrected chi connectivity index (χ4v) is 0.567. The van der Waals surface area contributed by atoms with E-state index >= 15 is 0 Å². The van der Waals surface area contributed by atoms with E-state index in [-0.39, 0.29) is 0 Å². The van der Waals surface area contributed by atoms with Crippen LogP contribution in [-0.2, 0) is 0 Å². The minimum Gasteiger partial charge on any atom is -0.185 e. The third kappa shape index (κ3) is 17.8. The Bertz CT molecular complexity index is 75.6. The number of thiocyanates is 1. The van der Waals surface area contributed by atoms with Crippen LogP contribution in [0, 0.1) is 16.6 Å². The zero-order valence-electron chi connectivity index (χ0n) is 5.76. The summed E-state index contributed by atoms with van der Waals surface area (Å²) in [5.41, 5.74) is 0. The molecule has 1 unspecified atom stereocenters. The van der Waals surface area contributed by atoms with Gasteiger partial charge in [0.05, 0.1) is 0 Å². The van der Waals surface area contributed by atoms with Gasteiger partial charge in [-0.3, -0.25) is 0 Å². The second-order valence-corrected chi connectivity index (χ2v) is 2.62. The second kappa shape index (κ2) is 11.2. The highest BCUT2D eigenvalue weighted by Crippen LogP contribution is 2.02. The third-order valence-corrected chi connectivity index (χ3v) is 2.07. The molecular formula is C6H12BrNS. The highest BCUT2D eigenvalue weighted by atomic mass is 79.9. The zero-order valence-corrected chi connectivity index (χ0v) is 8.24. The molecule has 0 aromatic carbocycles. The number of hydrogen-bond donors (Lipinski definition) is 1. The van der Waals surface area contributed by atoms with Gasteiger partial charge in [0.25, 0.3) is 0 Å². The van der Waals surface area contributed by atoms with Crippen molar-refractivity contribution in [3.63, 3.8) is 0 Å². The summed E-state index contributed by atoms with van der Waals surface area (Å²) in [5.74, 6) is 0.852. The largest absolute Gasteiger partial charge is 0.185 e. The molecule has 54 valence electrons. The Labute approximate surface area is 71.0 Å². The first-order valence-electron chi connectivity index (χ1n) is 2.82. The number of nitriles is 1. The summed E-state index contributed by atoms with van der Waals surface area (Å²) < 4.78 is 0. The van der Waals surface area contributed by atoms with Gasteiger partial charge in [-0.1, -0.05) is 48.8 Å². The van der Waals surface area contributed by atoms with Gasteiger partial charge in [-0.2, -0.15) is 5.26 Å². The van der Waals surface area contributed by atoms with Crippen LogP contribution in [0.4, 0.5) is 0 Å². The van der Waals surface area contributed by atoms with Crippen molar-refractivity contribution in [2.75, 3.05) is 5.33 Å². The molecule has 0 aliphatic heterocycles. The lowest BCUT2D eigenvalue weighted by Gasteiger charge is -1.97. The summed E-state index contributed by atoms with van der Waals surface area (Å²) in [6, 6.07) is 0. The van der Waals surface area contributed by atoms with Crippen LogP contribution in [0.15, 0.2) is 0 Å². The number of thiol groups is 1. The van der Waals surface area contributed by atoms with E-state index in [1.165, 1.54) is 11.8 Å². The van der Waals surface area contributed by atoms with Crippen LogP contribution in [0.3, 0.4) is 0 Å². The van der Waals surface area contributed by atoms with Crippen molar-refractivity contribution < 1.29 is 0 Å². The average Bonchev–Trinajstić information content (AvgIpc) is 1.88. The van der Waals surface area contributed by atoms with Crippen molar-refractivity contribution in [3.8, 4) is 5.40 Å². The maximum absolute atomic E-state index is 7.18. The predicted molar refractivity (Wildman–Crippen MR) is 47.8 cm³/mol. The molecule has 3 heteroatoms. The lowest BCUT2D eigenvalue weighted by molar-refractivity contribution is 0.641. The van der Waals surface area contributed by atoms with Crippen molar-refractivity contribution in [1.82, 2.24) is 0 Å². The Morgan fingerprint density at radius 3 is 2.11 bits per heavy atom. The lowest BCUT2D eigenvalue weighted by atomic mass is 10.2. The van der Waals surface area contributed by atoms with Gasteiger partial charge < -0.3 is 0 Å². The van der Waals surface area contributed by atoms with Crippen molar-refractivity contribution in [3.05, 3.63) is 0 Å². The normalized spacial score (nSPS) is 10.6. The summed E-state index contributed by atoms with van der Waals surface area (Å²) in [6.45, 7) is 4.43. The molecule has 0 radical (unpaired) electrons. The molecule has 0 fully saturated rings. The van der Waals surface area contributed by atoms with E-state index in [4.69, 9.17) is 5.26 Å². The number of halogens is 1. The van der Waals surface area contributed by atoms with Crippen LogP contribution >= 0.6 is 28.6 Å².